The van der Waals surface area contributed by atoms with Gasteiger partial charge in [-0.25, -0.2) is 9.97 Å². The Kier molecular flexibility index (Phi) is 3.08. The van der Waals surface area contributed by atoms with Crippen molar-refractivity contribution in [3.05, 3.63) is 18.6 Å². The van der Waals surface area contributed by atoms with Crippen LogP contribution in [0.5, 0.6) is 0 Å². The summed E-state index contributed by atoms with van der Waals surface area (Å²) in [5, 5.41) is 11.0. The van der Waals surface area contributed by atoms with Gasteiger partial charge in [-0.05, 0) is 25.3 Å². The summed E-state index contributed by atoms with van der Waals surface area (Å²) in [5.41, 5.74) is 0.753. The highest BCUT2D eigenvalue weighted by molar-refractivity contribution is 5.87. The Morgan fingerprint density at radius 2 is 2.19 bits per heavy atom. The van der Waals surface area contributed by atoms with Crippen molar-refractivity contribution in [2.45, 2.75) is 37.4 Å². The predicted octanol–water partition coefficient (Wildman–Crippen LogP) is 1.47. The largest absolute Gasteiger partial charge is 0.393 e. The van der Waals surface area contributed by atoms with E-state index in [1.807, 2.05) is 12.3 Å². The summed E-state index contributed by atoms with van der Waals surface area (Å²) in [4.78, 5) is 14.1. The van der Waals surface area contributed by atoms with Crippen LogP contribution in [0.15, 0.2) is 18.6 Å². The summed E-state index contributed by atoms with van der Waals surface area (Å²) in [6, 6.07) is 2.02. The number of rotatable bonds is 1. The van der Waals surface area contributed by atoms with Gasteiger partial charge >= 0.3 is 0 Å². The number of anilines is 1. The molecule has 0 aliphatic carbocycles. The van der Waals surface area contributed by atoms with E-state index >= 15 is 0 Å². The summed E-state index contributed by atoms with van der Waals surface area (Å²) in [5.74, 6) is 0.993. The molecule has 1 unspecified atom stereocenters. The van der Waals surface area contributed by atoms with Gasteiger partial charge < -0.3 is 19.7 Å². The van der Waals surface area contributed by atoms with E-state index in [1.54, 1.807) is 6.33 Å². The van der Waals surface area contributed by atoms with Gasteiger partial charge in [0.25, 0.3) is 0 Å². The number of ether oxygens (including phenoxy) is 1. The van der Waals surface area contributed by atoms with E-state index in [2.05, 4.69) is 19.9 Å². The first-order valence-electron chi connectivity index (χ1n) is 7.61. The molecule has 2 aliphatic rings. The Morgan fingerprint density at radius 1 is 1.33 bits per heavy atom. The number of nitrogens with one attached hydrogen (secondary N) is 1. The topological polar surface area (TPSA) is 74.3 Å². The molecule has 112 valence electrons. The average Bonchev–Trinajstić information content (AvgIpc) is 2.96. The van der Waals surface area contributed by atoms with Gasteiger partial charge in [-0.3, -0.25) is 0 Å². The van der Waals surface area contributed by atoms with Gasteiger partial charge in [-0.1, -0.05) is 0 Å². The second-order valence-corrected chi connectivity index (χ2v) is 6.10. The fourth-order valence-corrected chi connectivity index (χ4v) is 3.59. The second kappa shape index (κ2) is 4.96. The molecular weight excluding hydrogens is 268 g/mol. The van der Waals surface area contributed by atoms with E-state index in [4.69, 9.17) is 4.74 Å². The lowest BCUT2D eigenvalue weighted by Crippen LogP contribution is -2.50. The summed E-state index contributed by atoms with van der Waals surface area (Å²) < 4.78 is 6.01. The van der Waals surface area contributed by atoms with E-state index in [0.29, 0.717) is 6.61 Å². The SMILES string of the molecule is OC1CCOC2(CCN(c3ncnc4[nH]ccc34)CC2)C1. The maximum absolute atomic E-state index is 9.90. The van der Waals surface area contributed by atoms with Crippen LogP contribution < -0.4 is 4.90 Å². The van der Waals surface area contributed by atoms with E-state index in [0.717, 1.165) is 55.6 Å². The lowest BCUT2D eigenvalue weighted by Gasteiger charge is -2.45. The number of piperidine rings is 1. The van der Waals surface area contributed by atoms with Crippen LogP contribution in [0.1, 0.15) is 25.7 Å². The molecule has 4 heterocycles. The number of aliphatic hydroxyl groups excluding tert-OH is 1. The van der Waals surface area contributed by atoms with Crippen LogP contribution >= 0.6 is 0 Å². The number of nitrogens with zero attached hydrogens (tertiary/aromatic N) is 3. The van der Waals surface area contributed by atoms with Gasteiger partial charge in [0, 0.05) is 32.3 Å². The average molecular weight is 288 g/mol. The van der Waals surface area contributed by atoms with Gasteiger partial charge in [-0.2, -0.15) is 0 Å². The van der Waals surface area contributed by atoms with Crippen molar-refractivity contribution in [3.8, 4) is 0 Å². The summed E-state index contributed by atoms with van der Waals surface area (Å²) in [7, 11) is 0. The Bertz CT molecular complexity index is 633. The predicted molar refractivity (Wildman–Crippen MR) is 79.3 cm³/mol. The molecule has 4 rings (SSSR count). The first kappa shape index (κ1) is 13.0. The fraction of sp³-hybridized carbons (Fsp3) is 0.600. The Balaban J connectivity index is 1.54. The Hall–Kier alpha value is -1.66. The van der Waals surface area contributed by atoms with Crippen molar-refractivity contribution in [1.82, 2.24) is 15.0 Å². The number of aromatic nitrogens is 3. The van der Waals surface area contributed by atoms with Crippen LogP contribution in [-0.4, -0.2) is 51.5 Å². The molecule has 2 aromatic rings. The molecule has 0 amide bonds. The molecule has 1 atom stereocenters. The third-order valence-electron chi connectivity index (χ3n) is 4.77. The van der Waals surface area contributed by atoms with Gasteiger partial charge in [0.05, 0.1) is 17.1 Å². The lowest BCUT2D eigenvalue weighted by molar-refractivity contribution is -0.128. The number of H-pyrrole nitrogens is 1. The molecule has 0 bridgehead atoms. The normalized spacial score (nSPS) is 25.6. The standard InChI is InChI=1S/C15H20N4O2/c20-11-2-8-21-15(9-11)3-6-19(7-4-15)14-12-1-5-16-13(12)17-10-18-14/h1,5,10-11,20H,2-4,6-9H2,(H,16,17,18). The summed E-state index contributed by atoms with van der Waals surface area (Å²) in [6.07, 6.45) is 6.72. The quantitative estimate of drug-likeness (QED) is 0.831. The Morgan fingerprint density at radius 3 is 3.00 bits per heavy atom. The number of aliphatic hydroxyl groups is 1. The van der Waals surface area contributed by atoms with Crippen LogP contribution in [-0.2, 0) is 4.74 Å². The van der Waals surface area contributed by atoms with Crippen LogP contribution in [0, 0.1) is 0 Å². The molecule has 0 saturated carbocycles. The molecule has 2 saturated heterocycles. The molecule has 2 aromatic heterocycles. The first-order valence-corrected chi connectivity index (χ1v) is 7.61. The molecule has 2 aliphatic heterocycles. The minimum Gasteiger partial charge on any atom is -0.393 e. The van der Waals surface area contributed by atoms with Crippen LogP contribution in [0.25, 0.3) is 11.0 Å². The highest BCUT2D eigenvalue weighted by atomic mass is 16.5. The van der Waals surface area contributed by atoms with E-state index < -0.39 is 0 Å². The van der Waals surface area contributed by atoms with Crippen LogP contribution in [0.4, 0.5) is 5.82 Å². The number of hydrogen-bond donors (Lipinski definition) is 2. The molecular formula is C15H20N4O2. The van der Waals surface area contributed by atoms with Gasteiger partial charge in [-0.15, -0.1) is 0 Å². The zero-order chi connectivity index (χ0) is 14.3. The van der Waals surface area contributed by atoms with Crippen molar-refractivity contribution >= 4 is 16.9 Å². The number of fused-ring (bicyclic) bond motifs is 1. The monoisotopic (exact) mass is 288 g/mol. The zero-order valence-corrected chi connectivity index (χ0v) is 12.0. The van der Waals surface area contributed by atoms with Gasteiger partial charge in [0.1, 0.15) is 17.8 Å². The molecule has 1 spiro atoms. The van der Waals surface area contributed by atoms with Crippen molar-refractivity contribution in [3.63, 3.8) is 0 Å². The molecule has 0 radical (unpaired) electrons. The van der Waals surface area contributed by atoms with Gasteiger partial charge in [0.2, 0.25) is 0 Å². The zero-order valence-electron chi connectivity index (χ0n) is 12.0. The maximum atomic E-state index is 9.90. The van der Waals surface area contributed by atoms with Crippen molar-refractivity contribution < 1.29 is 9.84 Å². The number of aromatic amines is 1. The van der Waals surface area contributed by atoms with Crippen LogP contribution in [0.2, 0.25) is 0 Å². The molecule has 6 nitrogen and oxygen atoms in total. The van der Waals surface area contributed by atoms with Crippen molar-refractivity contribution in [2.24, 2.45) is 0 Å². The molecule has 2 N–H and O–H groups in total. The number of hydrogen-bond acceptors (Lipinski definition) is 5. The smallest absolute Gasteiger partial charge is 0.142 e. The van der Waals surface area contributed by atoms with Crippen molar-refractivity contribution in [2.75, 3.05) is 24.6 Å². The molecule has 21 heavy (non-hydrogen) atoms. The lowest BCUT2D eigenvalue weighted by atomic mass is 9.83. The van der Waals surface area contributed by atoms with Gasteiger partial charge in [0.15, 0.2) is 0 Å². The molecule has 2 fully saturated rings. The maximum Gasteiger partial charge on any atom is 0.142 e. The van der Waals surface area contributed by atoms with Crippen molar-refractivity contribution in [1.29, 1.82) is 0 Å². The molecule has 0 aromatic carbocycles. The van der Waals surface area contributed by atoms with E-state index in [1.165, 1.54) is 0 Å². The fourth-order valence-electron chi connectivity index (χ4n) is 3.59. The van der Waals surface area contributed by atoms with E-state index in [9.17, 15) is 5.11 Å². The summed E-state index contributed by atoms with van der Waals surface area (Å²) in [6.45, 7) is 2.49. The minimum absolute atomic E-state index is 0.127. The van der Waals surface area contributed by atoms with Crippen LogP contribution in [0.3, 0.4) is 0 Å². The highest BCUT2D eigenvalue weighted by Gasteiger charge is 2.40. The Labute approximate surface area is 123 Å². The van der Waals surface area contributed by atoms with E-state index in [-0.39, 0.29) is 11.7 Å². The second-order valence-electron chi connectivity index (χ2n) is 6.10. The highest BCUT2D eigenvalue weighted by Crippen LogP contribution is 2.36. The molecule has 6 heteroatoms. The third-order valence-corrected chi connectivity index (χ3v) is 4.77. The first-order chi connectivity index (χ1) is 10.3. The minimum atomic E-state index is -0.208. The third kappa shape index (κ3) is 2.28. The summed E-state index contributed by atoms with van der Waals surface area (Å²) >= 11 is 0.